The van der Waals surface area contributed by atoms with Crippen molar-refractivity contribution < 1.29 is 9.53 Å². The largest absolute Gasteiger partial charge is 0.461 e. The summed E-state index contributed by atoms with van der Waals surface area (Å²) in [5.74, 6) is -0.397. The first-order valence-corrected chi connectivity index (χ1v) is 6.68. The minimum absolute atomic E-state index is 0.115. The Bertz CT molecular complexity index is 344. The highest BCUT2D eigenvalue weighted by atomic mass is 79.9. The van der Waals surface area contributed by atoms with Crippen molar-refractivity contribution in [2.45, 2.75) is 4.83 Å². The molecule has 0 bridgehead atoms. The van der Waals surface area contributed by atoms with E-state index in [0.29, 0.717) is 17.2 Å². The van der Waals surface area contributed by atoms with Crippen LogP contribution in [0, 0.1) is 0 Å². The zero-order valence-electron chi connectivity index (χ0n) is 7.75. The van der Waals surface area contributed by atoms with Gasteiger partial charge in [-0.15, -0.1) is 0 Å². The number of benzene rings is 1. The summed E-state index contributed by atoms with van der Waals surface area (Å²) in [4.78, 5) is 11.7. The van der Waals surface area contributed by atoms with Crippen LogP contribution < -0.4 is 0 Å². The summed E-state index contributed by atoms with van der Waals surface area (Å²) in [5.41, 5.74) is 0.397. The van der Waals surface area contributed by atoms with Gasteiger partial charge < -0.3 is 4.74 Å². The molecule has 0 aliphatic heterocycles. The second-order valence-electron chi connectivity index (χ2n) is 2.83. The first kappa shape index (κ1) is 13.0. The van der Waals surface area contributed by atoms with Crippen molar-refractivity contribution >= 4 is 49.4 Å². The van der Waals surface area contributed by atoms with E-state index in [1.807, 2.05) is 0 Å². The van der Waals surface area contributed by atoms with Gasteiger partial charge in [0, 0.05) is 5.33 Å². The van der Waals surface area contributed by atoms with Gasteiger partial charge >= 0.3 is 5.97 Å². The maximum Gasteiger partial charge on any atom is 0.339 e. The lowest BCUT2D eigenvalue weighted by Crippen LogP contribution is -2.15. The van der Waals surface area contributed by atoms with Gasteiger partial charge in [-0.05, 0) is 12.1 Å². The summed E-state index contributed by atoms with van der Waals surface area (Å²) in [7, 11) is 0. The van der Waals surface area contributed by atoms with Gasteiger partial charge in [-0.3, -0.25) is 0 Å². The molecule has 0 amide bonds. The van der Waals surface area contributed by atoms with Crippen LogP contribution in [0.3, 0.4) is 0 Å². The number of hydrogen-bond acceptors (Lipinski definition) is 2. The van der Waals surface area contributed by atoms with E-state index >= 15 is 0 Å². The van der Waals surface area contributed by atoms with Crippen molar-refractivity contribution in [3.63, 3.8) is 0 Å². The van der Waals surface area contributed by atoms with Crippen molar-refractivity contribution in [2.24, 2.45) is 0 Å². The van der Waals surface area contributed by atoms with E-state index in [1.54, 1.807) is 24.3 Å². The normalized spacial score (nSPS) is 12.2. The molecule has 0 aromatic heterocycles. The molecule has 0 aliphatic rings. The molecule has 0 heterocycles. The lowest BCUT2D eigenvalue weighted by molar-refractivity contribution is 0.0513. The number of alkyl halides is 2. The number of carbonyl (C=O) groups is 1. The van der Waals surface area contributed by atoms with Gasteiger partial charge in [0.1, 0.15) is 6.61 Å². The first-order chi connectivity index (χ1) is 7.15. The third-order valence-electron chi connectivity index (χ3n) is 1.66. The Hall–Kier alpha value is -0.0600. The van der Waals surface area contributed by atoms with E-state index in [0.717, 1.165) is 5.33 Å². The minimum Gasteiger partial charge on any atom is -0.461 e. The number of carbonyl (C=O) groups excluding carboxylic acids is 1. The lowest BCUT2D eigenvalue weighted by Gasteiger charge is -2.08. The summed E-state index contributed by atoms with van der Waals surface area (Å²) in [5, 5.41) is 1.13. The Morgan fingerprint density at radius 2 is 2.13 bits per heavy atom. The standard InChI is InChI=1S/C10H9Br2ClO2/c11-5-7(12)6-15-10(14)8-3-1-2-4-9(8)13/h1-4,7H,5-6H2/t7-/m0/s1. The highest BCUT2D eigenvalue weighted by molar-refractivity contribution is 9.12. The molecule has 0 N–H and O–H groups in total. The average molecular weight is 356 g/mol. The maximum atomic E-state index is 11.5. The van der Waals surface area contributed by atoms with Crippen LogP contribution in [-0.2, 0) is 4.74 Å². The van der Waals surface area contributed by atoms with E-state index in [1.165, 1.54) is 0 Å². The third-order valence-corrected chi connectivity index (χ3v) is 4.22. The van der Waals surface area contributed by atoms with E-state index in [-0.39, 0.29) is 4.83 Å². The van der Waals surface area contributed by atoms with Crippen LogP contribution in [0.1, 0.15) is 10.4 Å². The molecule has 0 saturated heterocycles. The van der Waals surface area contributed by atoms with E-state index in [9.17, 15) is 4.79 Å². The first-order valence-electron chi connectivity index (χ1n) is 4.27. The smallest absolute Gasteiger partial charge is 0.339 e. The van der Waals surface area contributed by atoms with Crippen LogP contribution in [0.5, 0.6) is 0 Å². The molecule has 2 nitrogen and oxygen atoms in total. The SMILES string of the molecule is O=C(OC[C@@H](Br)CBr)c1ccccc1Cl. The topological polar surface area (TPSA) is 26.3 Å². The molecule has 5 heteroatoms. The highest BCUT2D eigenvalue weighted by Gasteiger charge is 2.12. The molecule has 0 saturated carbocycles. The summed E-state index contributed by atoms with van der Waals surface area (Å²) < 4.78 is 5.06. The number of halogens is 3. The predicted molar refractivity (Wildman–Crippen MR) is 68.2 cm³/mol. The van der Waals surface area contributed by atoms with Gasteiger partial charge in [0.15, 0.2) is 0 Å². The van der Waals surface area contributed by atoms with Crippen molar-refractivity contribution in [3.8, 4) is 0 Å². The highest BCUT2D eigenvalue weighted by Crippen LogP contribution is 2.16. The van der Waals surface area contributed by atoms with Gasteiger partial charge in [-0.1, -0.05) is 55.6 Å². The molecule has 82 valence electrons. The molecule has 15 heavy (non-hydrogen) atoms. The van der Waals surface area contributed by atoms with Crippen LogP contribution in [-0.4, -0.2) is 22.7 Å². The number of esters is 1. The van der Waals surface area contributed by atoms with E-state index in [4.69, 9.17) is 16.3 Å². The Morgan fingerprint density at radius 1 is 1.47 bits per heavy atom. The van der Waals surface area contributed by atoms with Crippen molar-refractivity contribution in [1.29, 1.82) is 0 Å². The number of hydrogen-bond donors (Lipinski definition) is 0. The van der Waals surface area contributed by atoms with Gasteiger partial charge in [-0.2, -0.15) is 0 Å². The Morgan fingerprint density at radius 3 is 2.73 bits per heavy atom. The molecule has 1 aromatic rings. The van der Waals surface area contributed by atoms with Crippen LogP contribution in [0.2, 0.25) is 5.02 Å². The fraction of sp³-hybridized carbons (Fsp3) is 0.300. The number of ether oxygens (including phenoxy) is 1. The van der Waals surface area contributed by atoms with Gasteiger partial charge in [0.05, 0.1) is 15.4 Å². The van der Waals surface area contributed by atoms with Crippen LogP contribution in [0.4, 0.5) is 0 Å². The zero-order chi connectivity index (χ0) is 11.3. The third kappa shape index (κ3) is 4.13. The van der Waals surface area contributed by atoms with Crippen molar-refractivity contribution in [2.75, 3.05) is 11.9 Å². The molecule has 0 fully saturated rings. The minimum atomic E-state index is -0.397. The maximum absolute atomic E-state index is 11.5. The summed E-state index contributed by atoms with van der Waals surface area (Å²) in [6, 6.07) is 6.82. The molecule has 1 atom stereocenters. The van der Waals surface area contributed by atoms with Crippen molar-refractivity contribution in [3.05, 3.63) is 34.9 Å². The van der Waals surface area contributed by atoms with Gasteiger partial charge in [0.2, 0.25) is 0 Å². The molecule has 0 aliphatic carbocycles. The molecule has 0 spiro atoms. The Kier molecular flexibility index (Phi) is 5.64. The summed E-state index contributed by atoms with van der Waals surface area (Å²) in [6.07, 6.45) is 0. The van der Waals surface area contributed by atoms with E-state index in [2.05, 4.69) is 31.9 Å². The second-order valence-corrected chi connectivity index (χ2v) is 5.18. The summed E-state index contributed by atoms with van der Waals surface area (Å²) >= 11 is 12.5. The zero-order valence-corrected chi connectivity index (χ0v) is 11.7. The fourth-order valence-electron chi connectivity index (χ4n) is 0.915. The van der Waals surface area contributed by atoms with Crippen molar-refractivity contribution in [1.82, 2.24) is 0 Å². The molecule has 0 radical (unpaired) electrons. The van der Waals surface area contributed by atoms with Crippen LogP contribution >= 0.6 is 43.5 Å². The lowest BCUT2D eigenvalue weighted by atomic mass is 10.2. The Balaban J connectivity index is 2.58. The monoisotopic (exact) mass is 354 g/mol. The van der Waals surface area contributed by atoms with Gasteiger partial charge in [0.25, 0.3) is 0 Å². The van der Waals surface area contributed by atoms with E-state index < -0.39 is 5.97 Å². The molecular weight excluding hydrogens is 347 g/mol. The Labute approximate surface area is 110 Å². The van der Waals surface area contributed by atoms with Crippen LogP contribution in [0.15, 0.2) is 24.3 Å². The second kappa shape index (κ2) is 6.51. The molecular formula is C10H9Br2ClO2. The summed E-state index contributed by atoms with van der Waals surface area (Å²) in [6.45, 7) is 0.315. The number of rotatable bonds is 4. The quantitative estimate of drug-likeness (QED) is 0.608. The molecule has 1 rings (SSSR count). The van der Waals surface area contributed by atoms with Crippen LogP contribution in [0.25, 0.3) is 0 Å². The van der Waals surface area contributed by atoms with Gasteiger partial charge in [-0.25, -0.2) is 4.79 Å². The molecule has 1 aromatic carbocycles. The fourth-order valence-corrected chi connectivity index (χ4v) is 1.45. The molecule has 0 unspecified atom stereocenters. The average Bonchev–Trinajstić information content (AvgIpc) is 2.26. The predicted octanol–water partition coefficient (Wildman–Crippen LogP) is 3.66.